The number of allylic oxidation sites excluding steroid dienone is 20. The van der Waals surface area contributed by atoms with E-state index in [1.807, 2.05) is 6.08 Å². The molecule has 1 unspecified atom stereocenters. The molecule has 1 atom stereocenters. The predicted molar refractivity (Wildman–Crippen MR) is 334 cm³/mol. The number of ether oxygens (including phenoxy) is 3. The molecule has 0 amide bonds. The van der Waals surface area contributed by atoms with Gasteiger partial charge in [-0.05, 0) is 116 Å². The van der Waals surface area contributed by atoms with Crippen LogP contribution in [0.2, 0.25) is 0 Å². The molecule has 0 aliphatic rings. The average Bonchev–Trinajstić information content (AvgIpc) is 3.43. The minimum absolute atomic E-state index is 0.103. The number of carbonyl (C=O) groups excluding carboxylic acids is 3. The summed E-state index contributed by atoms with van der Waals surface area (Å²) in [6.45, 7) is 6.34. The third-order valence-corrected chi connectivity index (χ3v) is 13.4. The molecule has 6 nitrogen and oxygen atoms in total. The van der Waals surface area contributed by atoms with Gasteiger partial charge in [-0.1, -0.05) is 277 Å². The largest absolute Gasteiger partial charge is 0.462 e. The minimum atomic E-state index is -0.813. The zero-order chi connectivity index (χ0) is 55.7. The number of unbranched alkanes of at least 4 members (excludes halogenated alkanes) is 26. The standard InChI is InChI=1S/C71H118O6/c1-4-7-10-13-16-19-22-25-27-29-31-32-33-34-35-36-37-38-40-41-43-46-49-52-55-58-61-64-70(73)76-67-68(66-75-69(72)63-60-57-54-51-48-45-24-21-18-15-12-9-6-3)77-71(74)65-62-59-56-53-50-47-44-42-39-30-28-26-23-20-17-14-11-8-5-2/h7,9-10,12,16-21,25-28,31-32,45,48,54,57,68H,4-6,8,11,13-15,22-24,29-30,33-44,46-47,49-53,55-56,58-67H2,1-3H3/b10-7-,12-9-,19-16-,20-17-,21-18-,27-25-,28-26-,32-31-,48-45-,57-54-. The van der Waals surface area contributed by atoms with Gasteiger partial charge in [0, 0.05) is 19.3 Å². The fraction of sp³-hybridized carbons (Fsp3) is 0.676. The fourth-order valence-electron chi connectivity index (χ4n) is 8.71. The summed E-state index contributed by atoms with van der Waals surface area (Å²) in [6.07, 6.45) is 89.4. The van der Waals surface area contributed by atoms with Crippen molar-refractivity contribution in [1.82, 2.24) is 0 Å². The zero-order valence-electron chi connectivity index (χ0n) is 50.2. The van der Waals surface area contributed by atoms with E-state index in [-0.39, 0.29) is 37.5 Å². The van der Waals surface area contributed by atoms with Crippen LogP contribution in [0.4, 0.5) is 0 Å². The van der Waals surface area contributed by atoms with Crippen LogP contribution in [0, 0.1) is 0 Å². The molecule has 438 valence electrons. The molecule has 0 aromatic heterocycles. The molecule has 0 saturated carbocycles. The Morgan fingerprint density at radius 2 is 0.532 bits per heavy atom. The van der Waals surface area contributed by atoms with Gasteiger partial charge in [-0.15, -0.1) is 0 Å². The normalized spacial score (nSPS) is 12.9. The Kier molecular flexibility index (Phi) is 60.8. The van der Waals surface area contributed by atoms with Crippen molar-refractivity contribution < 1.29 is 28.6 Å². The van der Waals surface area contributed by atoms with Crippen molar-refractivity contribution in [2.75, 3.05) is 13.2 Å². The molecule has 0 radical (unpaired) electrons. The number of esters is 3. The molecule has 0 heterocycles. The molecule has 0 bridgehead atoms. The smallest absolute Gasteiger partial charge is 0.306 e. The van der Waals surface area contributed by atoms with Crippen LogP contribution in [-0.2, 0) is 28.6 Å². The van der Waals surface area contributed by atoms with Gasteiger partial charge >= 0.3 is 17.9 Å². The summed E-state index contributed by atoms with van der Waals surface area (Å²) in [5.74, 6) is -0.988. The van der Waals surface area contributed by atoms with E-state index in [2.05, 4.69) is 136 Å². The van der Waals surface area contributed by atoms with Gasteiger partial charge in [0.15, 0.2) is 6.10 Å². The van der Waals surface area contributed by atoms with Gasteiger partial charge in [0.2, 0.25) is 0 Å². The molecular formula is C71H118O6. The van der Waals surface area contributed by atoms with E-state index in [0.717, 1.165) is 96.3 Å². The van der Waals surface area contributed by atoms with E-state index in [9.17, 15) is 14.4 Å². The first-order valence-electron chi connectivity index (χ1n) is 32.0. The van der Waals surface area contributed by atoms with Gasteiger partial charge < -0.3 is 14.2 Å². The van der Waals surface area contributed by atoms with Crippen molar-refractivity contribution in [3.63, 3.8) is 0 Å². The van der Waals surface area contributed by atoms with Crippen molar-refractivity contribution in [2.24, 2.45) is 0 Å². The Labute approximate surface area is 475 Å². The van der Waals surface area contributed by atoms with E-state index in [1.165, 1.54) is 148 Å². The topological polar surface area (TPSA) is 78.9 Å². The minimum Gasteiger partial charge on any atom is -0.462 e. The Hall–Kier alpha value is -4.19. The summed E-state index contributed by atoms with van der Waals surface area (Å²) in [5.41, 5.74) is 0. The molecule has 0 aromatic rings. The van der Waals surface area contributed by atoms with E-state index >= 15 is 0 Å². The molecule has 0 fully saturated rings. The van der Waals surface area contributed by atoms with Crippen LogP contribution in [-0.4, -0.2) is 37.2 Å². The summed E-state index contributed by atoms with van der Waals surface area (Å²) in [5, 5.41) is 0. The highest BCUT2D eigenvalue weighted by Gasteiger charge is 2.19. The maximum atomic E-state index is 12.9. The Bertz CT molecular complexity index is 1600. The predicted octanol–water partition coefficient (Wildman–Crippen LogP) is 22.0. The molecule has 77 heavy (non-hydrogen) atoms. The molecular weight excluding hydrogens is 949 g/mol. The van der Waals surface area contributed by atoms with Crippen LogP contribution in [0.1, 0.15) is 290 Å². The van der Waals surface area contributed by atoms with Gasteiger partial charge in [0.1, 0.15) is 13.2 Å². The summed E-state index contributed by atoms with van der Waals surface area (Å²) in [6, 6.07) is 0. The number of carbonyl (C=O) groups is 3. The average molecular weight is 1070 g/mol. The third kappa shape index (κ3) is 62.5. The Morgan fingerprint density at radius 1 is 0.273 bits per heavy atom. The SMILES string of the molecule is CC/C=C\C/C=C\C/C=C\C/C=C\CCCCCCCCCCCCCCCCC(=O)OCC(COC(=O)CC/C=C\C/C=C\C/C=C\C/C=C\CC)OC(=O)CCCCCCCCCCC/C=C\C/C=C\CCCCC. The monoisotopic (exact) mass is 1070 g/mol. The highest BCUT2D eigenvalue weighted by Crippen LogP contribution is 2.16. The quantitative estimate of drug-likeness (QED) is 0.0261. The van der Waals surface area contributed by atoms with Crippen LogP contribution in [0.5, 0.6) is 0 Å². The second kappa shape index (κ2) is 64.3. The molecule has 0 aliphatic carbocycles. The lowest BCUT2D eigenvalue weighted by atomic mass is 10.0. The molecule has 6 heteroatoms. The second-order valence-electron chi connectivity index (χ2n) is 20.9. The van der Waals surface area contributed by atoms with Gasteiger partial charge in [-0.25, -0.2) is 0 Å². The lowest BCUT2D eigenvalue weighted by Gasteiger charge is -2.18. The number of hydrogen-bond donors (Lipinski definition) is 0. The summed E-state index contributed by atoms with van der Waals surface area (Å²) in [7, 11) is 0. The first-order valence-corrected chi connectivity index (χ1v) is 32.0. The van der Waals surface area contributed by atoms with Crippen LogP contribution < -0.4 is 0 Å². The number of rotatable bonds is 57. The molecule has 0 aromatic carbocycles. The summed E-state index contributed by atoms with van der Waals surface area (Å²) in [4.78, 5) is 38.3. The van der Waals surface area contributed by atoms with E-state index in [0.29, 0.717) is 19.3 Å². The van der Waals surface area contributed by atoms with Gasteiger partial charge in [-0.3, -0.25) is 14.4 Å². The maximum Gasteiger partial charge on any atom is 0.306 e. The molecule has 0 spiro atoms. The van der Waals surface area contributed by atoms with Gasteiger partial charge in [0.05, 0.1) is 0 Å². The van der Waals surface area contributed by atoms with Crippen LogP contribution in [0.3, 0.4) is 0 Å². The second-order valence-corrected chi connectivity index (χ2v) is 20.9. The van der Waals surface area contributed by atoms with Gasteiger partial charge in [0.25, 0.3) is 0 Å². The number of hydrogen-bond acceptors (Lipinski definition) is 6. The first kappa shape index (κ1) is 72.8. The maximum absolute atomic E-state index is 12.9. The van der Waals surface area contributed by atoms with E-state index in [1.54, 1.807) is 0 Å². The van der Waals surface area contributed by atoms with Crippen molar-refractivity contribution in [3.05, 3.63) is 122 Å². The lowest BCUT2D eigenvalue weighted by molar-refractivity contribution is -0.166. The molecule has 0 rings (SSSR count). The third-order valence-electron chi connectivity index (χ3n) is 13.4. The lowest BCUT2D eigenvalue weighted by Crippen LogP contribution is -2.30. The molecule has 0 aliphatic heterocycles. The Balaban J connectivity index is 4.33. The van der Waals surface area contributed by atoms with Crippen LogP contribution >= 0.6 is 0 Å². The highest BCUT2D eigenvalue weighted by atomic mass is 16.6. The van der Waals surface area contributed by atoms with Crippen molar-refractivity contribution in [1.29, 1.82) is 0 Å². The fourth-order valence-corrected chi connectivity index (χ4v) is 8.71. The van der Waals surface area contributed by atoms with E-state index < -0.39 is 6.10 Å². The summed E-state index contributed by atoms with van der Waals surface area (Å²) >= 11 is 0. The van der Waals surface area contributed by atoms with Crippen LogP contribution in [0.15, 0.2) is 122 Å². The highest BCUT2D eigenvalue weighted by molar-refractivity contribution is 5.71. The molecule has 0 N–H and O–H groups in total. The van der Waals surface area contributed by atoms with Crippen molar-refractivity contribution in [2.45, 2.75) is 297 Å². The zero-order valence-corrected chi connectivity index (χ0v) is 50.2. The first-order chi connectivity index (χ1) is 38.0. The van der Waals surface area contributed by atoms with Gasteiger partial charge in [-0.2, -0.15) is 0 Å². The van der Waals surface area contributed by atoms with Crippen molar-refractivity contribution in [3.8, 4) is 0 Å². The molecule has 0 saturated heterocycles. The van der Waals surface area contributed by atoms with E-state index in [4.69, 9.17) is 14.2 Å². The Morgan fingerprint density at radius 3 is 0.870 bits per heavy atom. The summed E-state index contributed by atoms with van der Waals surface area (Å²) < 4.78 is 16.8. The van der Waals surface area contributed by atoms with Crippen LogP contribution in [0.25, 0.3) is 0 Å². The van der Waals surface area contributed by atoms with Crippen molar-refractivity contribution >= 4 is 17.9 Å².